The molecule has 0 radical (unpaired) electrons. The molecule has 2 aliphatic rings. The van der Waals surface area contributed by atoms with Crippen molar-refractivity contribution < 1.29 is 12.8 Å². The number of sulfonamides is 1. The first kappa shape index (κ1) is 18.2. The summed E-state index contributed by atoms with van der Waals surface area (Å²) in [4.78, 5) is 4.22. The first-order valence-corrected chi connectivity index (χ1v) is 11.1. The highest BCUT2D eigenvalue weighted by Crippen LogP contribution is 2.35. The normalized spacial score (nSPS) is 24.7. The van der Waals surface area contributed by atoms with Gasteiger partial charge < -0.3 is 5.32 Å². The highest BCUT2D eigenvalue weighted by molar-refractivity contribution is 7.93. The maximum atomic E-state index is 14.3. The number of pyridine rings is 1. The van der Waals surface area contributed by atoms with Crippen molar-refractivity contribution in [3.05, 3.63) is 54.1 Å². The van der Waals surface area contributed by atoms with Crippen LogP contribution < -0.4 is 9.62 Å². The van der Waals surface area contributed by atoms with Crippen LogP contribution in [0.25, 0.3) is 0 Å². The summed E-state index contributed by atoms with van der Waals surface area (Å²) in [5.41, 5.74) is 2.18. The summed E-state index contributed by atoms with van der Waals surface area (Å²) in [5.74, 6) is 0.0474. The van der Waals surface area contributed by atoms with Gasteiger partial charge in [0.1, 0.15) is 5.82 Å². The lowest BCUT2D eigenvalue weighted by molar-refractivity contribution is 0.410. The molecule has 2 aromatic rings. The molecule has 1 aliphatic carbocycles. The average molecular weight is 389 g/mol. The van der Waals surface area contributed by atoms with Gasteiger partial charge in [-0.1, -0.05) is 12.5 Å². The Morgan fingerprint density at radius 3 is 2.81 bits per heavy atom. The van der Waals surface area contributed by atoms with Crippen molar-refractivity contribution in [3.8, 4) is 0 Å². The minimum absolute atomic E-state index is 0.0828. The van der Waals surface area contributed by atoms with Gasteiger partial charge in [-0.25, -0.2) is 12.8 Å². The van der Waals surface area contributed by atoms with Crippen LogP contribution in [0.15, 0.2) is 42.7 Å². The second-order valence-corrected chi connectivity index (χ2v) is 9.41. The molecule has 144 valence electrons. The lowest BCUT2D eigenvalue weighted by Crippen LogP contribution is -2.28. The van der Waals surface area contributed by atoms with Gasteiger partial charge in [0, 0.05) is 30.7 Å². The molecule has 1 saturated carbocycles. The van der Waals surface area contributed by atoms with Crippen LogP contribution in [-0.2, 0) is 10.0 Å². The molecule has 2 fully saturated rings. The molecular formula is C20H24FN3O2S. The van der Waals surface area contributed by atoms with E-state index >= 15 is 0 Å². The molecule has 27 heavy (non-hydrogen) atoms. The molecule has 7 heteroatoms. The predicted molar refractivity (Wildman–Crippen MR) is 105 cm³/mol. The van der Waals surface area contributed by atoms with Crippen LogP contribution in [0.5, 0.6) is 0 Å². The maximum Gasteiger partial charge on any atom is 0.235 e. The number of nitrogens with zero attached hydrogens (tertiary/aromatic N) is 2. The van der Waals surface area contributed by atoms with Crippen LogP contribution in [0.3, 0.4) is 0 Å². The lowest BCUT2D eigenvalue weighted by Gasteiger charge is -2.31. The molecule has 2 heterocycles. The van der Waals surface area contributed by atoms with Crippen molar-refractivity contribution in [3.63, 3.8) is 0 Å². The Labute approximate surface area is 159 Å². The average Bonchev–Trinajstić information content (AvgIpc) is 3.03. The number of nitrogens with one attached hydrogen (secondary N) is 1. The summed E-state index contributed by atoms with van der Waals surface area (Å²) in [6.07, 6.45) is 8.55. The van der Waals surface area contributed by atoms with E-state index in [1.54, 1.807) is 18.3 Å². The van der Waals surface area contributed by atoms with Crippen molar-refractivity contribution in [2.45, 2.75) is 44.1 Å². The number of hydrogen-bond acceptors (Lipinski definition) is 4. The number of anilines is 2. The van der Waals surface area contributed by atoms with Crippen LogP contribution in [0.4, 0.5) is 15.8 Å². The fourth-order valence-corrected chi connectivity index (χ4v) is 5.74. The van der Waals surface area contributed by atoms with E-state index < -0.39 is 15.8 Å². The third-order valence-corrected chi connectivity index (χ3v) is 7.37. The van der Waals surface area contributed by atoms with E-state index in [9.17, 15) is 12.8 Å². The molecule has 1 N–H and O–H groups in total. The molecule has 2 atom stereocenters. The van der Waals surface area contributed by atoms with Crippen LogP contribution in [-0.4, -0.2) is 31.7 Å². The van der Waals surface area contributed by atoms with Crippen LogP contribution in [0.1, 0.15) is 43.6 Å². The zero-order valence-corrected chi connectivity index (χ0v) is 16.0. The van der Waals surface area contributed by atoms with Gasteiger partial charge in [0.05, 0.1) is 11.4 Å². The Kier molecular flexibility index (Phi) is 5.04. The third kappa shape index (κ3) is 3.93. The van der Waals surface area contributed by atoms with Gasteiger partial charge in [-0.05, 0) is 61.4 Å². The first-order valence-electron chi connectivity index (χ1n) is 9.49. The Morgan fingerprint density at radius 1 is 1.19 bits per heavy atom. The fourth-order valence-electron chi connectivity index (χ4n) is 4.18. The number of aromatic nitrogens is 1. The smallest absolute Gasteiger partial charge is 0.235 e. The Bertz CT molecular complexity index is 905. The summed E-state index contributed by atoms with van der Waals surface area (Å²) in [6, 6.07) is 9.04. The maximum absolute atomic E-state index is 14.3. The Balaban J connectivity index is 1.50. The molecule has 0 bridgehead atoms. The largest absolute Gasteiger partial charge is 0.382 e. The second-order valence-electron chi connectivity index (χ2n) is 7.40. The number of hydrogen-bond donors (Lipinski definition) is 1. The van der Waals surface area contributed by atoms with Crippen molar-refractivity contribution in [1.82, 2.24) is 4.98 Å². The molecule has 0 spiro atoms. The Morgan fingerprint density at radius 2 is 2.07 bits per heavy atom. The van der Waals surface area contributed by atoms with Crippen molar-refractivity contribution in [1.29, 1.82) is 0 Å². The van der Waals surface area contributed by atoms with Gasteiger partial charge in [-0.3, -0.25) is 9.29 Å². The van der Waals surface area contributed by atoms with Crippen LogP contribution >= 0.6 is 0 Å². The summed E-state index contributed by atoms with van der Waals surface area (Å²) >= 11 is 0. The number of rotatable bonds is 4. The molecule has 5 nitrogen and oxygen atoms in total. The van der Waals surface area contributed by atoms with Crippen LogP contribution in [0, 0.1) is 5.82 Å². The van der Waals surface area contributed by atoms with E-state index in [0.29, 0.717) is 18.9 Å². The summed E-state index contributed by atoms with van der Waals surface area (Å²) in [7, 11) is -3.40. The molecule has 2 unspecified atom stereocenters. The minimum Gasteiger partial charge on any atom is -0.382 e. The standard InChI is InChI=1S/C20H24FN3O2S/c21-19-8-7-18(13-20(19)24-10-3-11-27(24,25)26)23-17-6-1-4-15(12-17)16-5-2-9-22-14-16/h2,5,7-9,13-15,17,23H,1,3-4,6,10-12H2. The quantitative estimate of drug-likeness (QED) is 0.862. The van der Waals surface area contributed by atoms with E-state index in [1.165, 1.54) is 15.9 Å². The molecule has 1 saturated heterocycles. The topological polar surface area (TPSA) is 62.3 Å². The van der Waals surface area contributed by atoms with E-state index in [-0.39, 0.29) is 17.5 Å². The zero-order valence-electron chi connectivity index (χ0n) is 15.1. The molecule has 0 amide bonds. The molecule has 1 aliphatic heterocycles. The Hall–Kier alpha value is -2.15. The summed E-state index contributed by atoms with van der Waals surface area (Å²) in [6.45, 7) is 0.342. The van der Waals surface area contributed by atoms with Crippen LogP contribution in [0.2, 0.25) is 0 Å². The van der Waals surface area contributed by atoms with Gasteiger partial charge in [-0.2, -0.15) is 0 Å². The van der Waals surface area contributed by atoms with Gasteiger partial charge in [-0.15, -0.1) is 0 Å². The zero-order chi connectivity index (χ0) is 18.9. The summed E-state index contributed by atoms with van der Waals surface area (Å²) in [5, 5.41) is 3.49. The third-order valence-electron chi connectivity index (χ3n) is 5.51. The predicted octanol–water partition coefficient (Wildman–Crippen LogP) is 3.90. The SMILES string of the molecule is O=S1(=O)CCCN1c1cc(NC2CCCC(c3cccnc3)C2)ccc1F. The molecule has 1 aromatic heterocycles. The van der Waals surface area contributed by atoms with E-state index in [2.05, 4.69) is 16.4 Å². The lowest BCUT2D eigenvalue weighted by atomic mass is 9.82. The second kappa shape index (κ2) is 7.46. The van der Waals surface area contributed by atoms with Crippen molar-refractivity contribution >= 4 is 21.4 Å². The number of benzene rings is 1. The molecular weight excluding hydrogens is 365 g/mol. The molecule has 1 aromatic carbocycles. The van der Waals surface area contributed by atoms with Gasteiger partial charge in [0.25, 0.3) is 0 Å². The van der Waals surface area contributed by atoms with Crippen molar-refractivity contribution in [2.24, 2.45) is 0 Å². The first-order chi connectivity index (χ1) is 13.0. The number of halogens is 1. The minimum atomic E-state index is -3.40. The van der Waals surface area contributed by atoms with Gasteiger partial charge >= 0.3 is 0 Å². The van der Waals surface area contributed by atoms with E-state index in [0.717, 1.165) is 31.4 Å². The van der Waals surface area contributed by atoms with Gasteiger partial charge in [0.15, 0.2) is 0 Å². The highest BCUT2D eigenvalue weighted by Gasteiger charge is 2.31. The van der Waals surface area contributed by atoms with E-state index in [1.807, 2.05) is 12.3 Å². The fraction of sp³-hybridized carbons (Fsp3) is 0.450. The molecule has 4 rings (SSSR count). The summed E-state index contributed by atoms with van der Waals surface area (Å²) < 4.78 is 39.8. The van der Waals surface area contributed by atoms with Crippen molar-refractivity contribution in [2.75, 3.05) is 21.9 Å². The van der Waals surface area contributed by atoms with Gasteiger partial charge in [0.2, 0.25) is 10.0 Å². The van der Waals surface area contributed by atoms with E-state index in [4.69, 9.17) is 0 Å². The monoisotopic (exact) mass is 389 g/mol. The highest BCUT2D eigenvalue weighted by atomic mass is 32.2.